The standard InChI is InChI=1S/C16H22F4N2O.ClH/c1-15(2,10-23)14(22-7-5-21-6-8-22)12-4-3-11(9-13(12)17)16(18,19)20;/h3-4,9,14,21,23H,5-8,10H2,1-2H3;1H/t14-;/m1./s1. The van der Waals surface area contributed by atoms with E-state index in [1.807, 2.05) is 4.90 Å². The summed E-state index contributed by atoms with van der Waals surface area (Å²) < 4.78 is 52.6. The van der Waals surface area contributed by atoms with Gasteiger partial charge in [-0.05, 0) is 12.1 Å². The van der Waals surface area contributed by atoms with Crippen LogP contribution in [0.15, 0.2) is 18.2 Å². The van der Waals surface area contributed by atoms with E-state index < -0.39 is 29.0 Å². The molecule has 0 spiro atoms. The van der Waals surface area contributed by atoms with E-state index in [0.717, 1.165) is 19.2 Å². The van der Waals surface area contributed by atoms with Crippen LogP contribution < -0.4 is 5.32 Å². The number of aliphatic hydroxyl groups is 1. The Kier molecular flexibility index (Phi) is 7.04. The molecule has 1 aliphatic heterocycles. The first-order valence-corrected chi connectivity index (χ1v) is 7.59. The van der Waals surface area contributed by atoms with Gasteiger partial charge in [0.25, 0.3) is 0 Å². The number of nitrogens with one attached hydrogen (secondary N) is 1. The minimum Gasteiger partial charge on any atom is -0.396 e. The number of aliphatic hydroxyl groups excluding tert-OH is 1. The van der Waals surface area contributed by atoms with E-state index in [0.29, 0.717) is 19.2 Å². The van der Waals surface area contributed by atoms with Gasteiger partial charge in [0.2, 0.25) is 0 Å². The van der Waals surface area contributed by atoms with Gasteiger partial charge in [-0.1, -0.05) is 19.9 Å². The fraction of sp³-hybridized carbons (Fsp3) is 0.625. The van der Waals surface area contributed by atoms with Crippen molar-refractivity contribution in [2.45, 2.75) is 26.1 Å². The fourth-order valence-electron chi connectivity index (χ4n) is 3.06. The first-order valence-electron chi connectivity index (χ1n) is 7.59. The van der Waals surface area contributed by atoms with Gasteiger partial charge in [-0.3, -0.25) is 4.90 Å². The summed E-state index contributed by atoms with van der Waals surface area (Å²) in [5.41, 5.74) is -1.49. The molecule has 0 saturated carbocycles. The summed E-state index contributed by atoms with van der Waals surface area (Å²) in [6.07, 6.45) is -4.57. The van der Waals surface area contributed by atoms with Crippen molar-refractivity contribution in [3.63, 3.8) is 0 Å². The highest BCUT2D eigenvalue weighted by Crippen LogP contribution is 2.40. The highest BCUT2D eigenvalue weighted by Gasteiger charge is 2.38. The summed E-state index contributed by atoms with van der Waals surface area (Å²) in [5, 5.41) is 12.9. The van der Waals surface area contributed by atoms with Gasteiger partial charge >= 0.3 is 6.18 Å². The highest BCUT2D eigenvalue weighted by molar-refractivity contribution is 5.85. The van der Waals surface area contributed by atoms with Crippen LogP contribution in [0.1, 0.15) is 31.0 Å². The van der Waals surface area contributed by atoms with E-state index in [-0.39, 0.29) is 24.6 Å². The lowest BCUT2D eigenvalue weighted by Gasteiger charge is -2.43. The minimum atomic E-state index is -4.57. The van der Waals surface area contributed by atoms with Crippen molar-refractivity contribution in [1.82, 2.24) is 10.2 Å². The predicted molar refractivity (Wildman–Crippen MR) is 86.7 cm³/mol. The first-order chi connectivity index (χ1) is 10.7. The maximum absolute atomic E-state index is 14.4. The summed E-state index contributed by atoms with van der Waals surface area (Å²) in [6, 6.07) is 2.15. The average Bonchev–Trinajstić information content (AvgIpc) is 2.49. The third-order valence-corrected chi connectivity index (χ3v) is 4.29. The first kappa shape index (κ1) is 21.2. The van der Waals surface area contributed by atoms with Gasteiger partial charge in [0.05, 0.1) is 5.56 Å². The number of alkyl halides is 3. The smallest absolute Gasteiger partial charge is 0.396 e. The molecule has 1 aromatic carbocycles. The molecular weight excluding hydrogens is 348 g/mol. The quantitative estimate of drug-likeness (QED) is 0.799. The monoisotopic (exact) mass is 370 g/mol. The van der Waals surface area contributed by atoms with E-state index in [9.17, 15) is 22.7 Å². The lowest BCUT2D eigenvalue weighted by atomic mass is 9.79. The van der Waals surface area contributed by atoms with Crippen LogP contribution in [-0.4, -0.2) is 42.8 Å². The molecule has 1 heterocycles. The Hall–Kier alpha value is -0.890. The van der Waals surface area contributed by atoms with Gasteiger partial charge in [0, 0.05) is 49.8 Å². The molecule has 0 unspecified atom stereocenters. The summed E-state index contributed by atoms with van der Waals surface area (Å²) in [6.45, 7) is 6.12. The van der Waals surface area contributed by atoms with Crippen molar-refractivity contribution >= 4 is 12.4 Å². The number of piperazine rings is 1. The highest BCUT2D eigenvalue weighted by atomic mass is 35.5. The molecule has 24 heavy (non-hydrogen) atoms. The van der Waals surface area contributed by atoms with Crippen molar-refractivity contribution < 1.29 is 22.7 Å². The molecule has 1 saturated heterocycles. The molecule has 0 radical (unpaired) electrons. The maximum Gasteiger partial charge on any atom is 0.416 e. The third-order valence-electron chi connectivity index (χ3n) is 4.29. The molecule has 1 aromatic rings. The molecule has 2 rings (SSSR count). The van der Waals surface area contributed by atoms with Crippen molar-refractivity contribution in [1.29, 1.82) is 0 Å². The topological polar surface area (TPSA) is 35.5 Å². The van der Waals surface area contributed by atoms with E-state index in [1.165, 1.54) is 6.07 Å². The third kappa shape index (κ3) is 4.59. The van der Waals surface area contributed by atoms with Crippen molar-refractivity contribution in [3.8, 4) is 0 Å². The fourth-order valence-corrected chi connectivity index (χ4v) is 3.06. The molecule has 0 aromatic heterocycles. The van der Waals surface area contributed by atoms with Gasteiger partial charge in [-0.25, -0.2) is 4.39 Å². The van der Waals surface area contributed by atoms with Crippen molar-refractivity contribution in [3.05, 3.63) is 35.1 Å². The second-order valence-corrected chi connectivity index (χ2v) is 6.57. The summed E-state index contributed by atoms with van der Waals surface area (Å²) in [7, 11) is 0. The number of rotatable bonds is 4. The number of hydrogen-bond donors (Lipinski definition) is 2. The van der Waals surface area contributed by atoms with E-state index in [2.05, 4.69) is 5.32 Å². The number of halogens is 5. The molecule has 1 aliphatic rings. The van der Waals surface area contributed by atoms with Gasteiger partial charge < -0.3 is 10.4 Å². The Bertz CT molecular complexity index is 545. The van der Waals surface area contributed by atoms with Gasteiger partial charge in [-0.2, -0.15) is 13.2 Å². The van der Waals surface area contributed by atoms with E-state index in [4.69, 9.17) is 0 Å². The van der Waals surface area contributed by atoms with Crippen LogP contribution in [-0.2, 0) is 6.18 Å². The largest absolute Gasteiger partial charge is 0.416 e. The summed E-state index contributed by atoms with van der Waals surface area (Å²) >= 11 is 0. The van der Waals surface area contributed by atoms with Crippen LogP contribution in [0.3, 0.4) is 0 Å². The van der Waals surface area contributed by atoms with Crippen molar-refractivity contribution in [2.75, 3.05) is 32.8 Å². The second-order valence-electron chi connectivity index (χ2n) is 6.57. The van der Waals surface area contributed by atoms with Crippen LogP contribution in [0.2, 0.25) is 0 Å². The molecule has 2 N–H and O–H groups in total. The normalized spacial score (nSPS) is 18.1. The molecular formula is C16H23ClF4N2O. The Labute approximate surface area is 145 Å². The minimum absolute atomic E-state index is 0. The van der Waals surface area contributed by atoms with Crippen LogP contribution in [0.5, 0.6) is 0 Å². The molecule has 8 heteroatoms. The van der Waals surface area contributed by atoms with Gasteiger partial charge in [0.15, 0.2) is 0 Å². The zero-order valence-corrected chi connectivity index (χ0v) is 14.5. The van der Waals surface area contributed by atoms with Crippen LogP contribution in [0, 0.1) is 11.2 Å². The molecule has 3 nitrogen and oxygen atoms in total. The SMILES string of the molecule is CC(C)(CO)[C@@H](c1ccc(C(F)(F)F)cc1F)N1CCNCC1.Cl. The predicted octanol–water partition coefficient (Wildman–Crippen LogP) is 3.23. The molecule has 1 atom stereocenters. The Morgan fingerprint density at radius 2 is 1.79 bits per heavy atom. The molecule has 1 fully saturated rings. The lowest BCUT2D eigenvalue weighted by molar-refractivity contribution is -0.137. The summed E-state index contributed by atoms with van der Waals surface area (Å²) in [4.78, 5) is 2.01. The number of hydrogen-bond acceptors (Lipinski definition) is 3. The van der Waals surface area contributed by atoms with Crippen LogP contribution >= 0.6 is 12.4 Å². The van der Waals surface area contributed by atoms with E-state index >= 15 is 0 Å². The average molecular weight is 371 g/mol. The Morgan fingerprint density at radius 3 is 2.25 bits per heavy atom. The van der Waals surface area contributed by atoms with Crippen molar-refractivity contribution in [2.24, 2.45) is 5.41 Å². The number of benzene rings is 1. The summed E-state index contributed by atoms with van der Waals surface area (Å²) in [5.74, 6) is -0.884. The van der Waals surface area contributed by atoms with Crippen LogP contribution in [0.25, 0.3) is 0 Å². The Morgan fingerprint density at radius 1 is 1.21 bits per heavy atom. The zero-order chi connectivity index (χ0) is 17.3. The maximum atomic E-state index is 14.4. The van der Waals surface area contributed by atoms with E-state index in [1.54, 1.807) is 13.8 Å². The zero-order valence-electron chi connectivity index (χ0n) is 13.7. The molecule has 0 bridgehead atoms. The second kappa shape index (κ2) is 7.99. The van der Waals surface area contributed by atoms with Crippen LogP contribution in [0.4, 0.5) is 17.6 Å². The Balaban J connectivity index is 0.00000288. The number of nitrogens with zero attached hydrogens (tertiary/aromatic N) is 1. The molecule has 138 valence electrons. The van der Waals surface area contributed by atoms with Gasteiger partial charge in [-0.15, -0.1) is 12.4 Å². The molecule has 0 aliphatic carbocycles. The molecule has 0 amide bonds. The lowest BCUT2D eigenvalue weighted by Crippen LogP contribution is -2.49. The van der Waals surface area contributed by atoms with Gasteiger partial charge in [0.1, 0.15) is 5.82 Å².